The number of esters is 1. The Balaban J connectivity index is 1.43. The molecule has 2 heterocycles. The van der Waals surface area contributed by atoms with Crippen LogP contribution in [0.2, 0.25) is 0 Å². The number of hydrogen-bond donors (Lipinski definition) is 0. The van der Waals surface area contributed by atoms with Gasteiger partial charge >= 0.3 is 5.97 Å². The summed E-state index contributed by atoms with van der Waals surface area (Å²) in [6.07, 6.45) is 2.79. The number of carbonyl (C=O) groups excluding carboxylic acids is 1. The average Bonchev–Trinajstić information content (AvgIpc) is 3.24. The lowest BCUT2D eigenvalue weighted by atomic mass is 10.1. The fourth-order valence-corrected chi connectivity index (χ4v) is 5.32. The number of hydrogen-bond acceptors (Lipinski definition) is 6. The number of carbonyl (C=O) groups is 1. The summed E-state index contributed by atoms with van der Waals surface area (Å²) in [7, 11) is 0. The summed E-state index contributed by atoms with van der Waals surface area (Å²) >= 11 is 1.71. The third-order valence-corrected chi connectivity index (χ3v) is 7.19. The van der Waals surface area contributed by atoms with Crippen LogP contribution < -0.4 is 0 Å². The van der Waals surface area contributed by atoms with Gasteiger partial charge in [0.1, 0.15) is 5.58 Å². The largest absolute Gasteiger partial charge is 0.460 e. The molecule has 0 N–H and O–H groups in total. The van der Waals surface area contributed by atoms with Crippen LogP contribution in [0.15, 0.2) is 94.4 Å². The summed E-state index contributed by atoms with van der Waals surface area (Å²) in [6.45, 7) is 5.63. The third-order valence-electron chi connectivity index (χ3n) is 6.16. The number of pyridine rings is 1. The predicted octanol–water partition coefficient (Wildman–Crippen LogP) is 7.22. The molecule has 36 heavy (non-hydrogen) atoms. The molecule has 2 aromatic heterocycles. The monoisotopic (exact) mass is 496 g/mol. The number of fused-ring (bicyclic) bond motifs is 2. The Bertz CT molecular complexity index is 1490. The molecule has 5 rings (SSSR count). The van der Waals surface area contributed by atoms with Gasteiger partial charge < -0.3 is 9.15 Å². The summed E-state index contributed by atoms with van der Waals surface area (Å²) < 4.78 is 13.3. The van der Waals surface area contributed by atoms with Crippen molar-refractivity contribution in [1.29, 1.82) is 0 Å². The molecule has 0 atom stereocenters. The molecule has 5 aromatic rings. The van der Waals surface area contributed by atoms with Crippen LogP contribution in [0.25, 0.3) is 21.9 Å². The molecule has 6 heteroatoms. The van der Waals surface area contributed by atoms with Crippen molar-refractivity contribution in [3.63, 3.8) is 0 Å². The Morgan fingerprint density at radius 2 is 1.86 bits per heavy atom. The first-order chi connectivity index (χ1) is 17.6. The molecule has 5 nitrogen and oxygen atoms in total. The highest BCUT2D eigenvalue weighted by Gasteiger charge is 2.20. The molecule has 0 aliphatic carbocycles. The van der Waals surface area contributed by atoms with Gasteiger partial charge in [0.25, 0.3) is 0 Å². The molecular formula is C30H28N2O3S. The SMILES string of the molecule is CCOC(=O)c1oc2ccc(SN(CCc3ccccc3)Cc3cccc4cccnc34)cc2c1C. The fraction of sp³-hybridized carbons (Fsp3) is 0.200. The maximum atomic E-state index is 12.3. The second-order valence-electron chi connectivity index (χ2n) is 8.62. The molecule has 0 spiro atoms. The number of rotatable bonds is 9. The first-order valence-corrected chi connectivity index (χ1v) is 12.9. The normalized spacial score (nSPS) is 11.4. The number of aryl methyl sites for hydroxylation is 1. The summed E-state index contributed by atoms with van der Waals surface area (Å²) in [5, 5.41) is 2.07. The smallest absolute Gasteiger partial charge is 0.374 e. The van der Waals surface area contributed by atoms with Crippen molar-refractivity contribution in [2.45, 2.75) is 31.7 Å². The Labute approximate surface area is 215 Å². The standard InChI is InChI=1S/C30H28N2O3S/c1-3-34-30(33)29-21(2)26-19-25(14-15-27(26)35-29)36-32(18-16-22-9-5-4-6-10-22)20-24-12-7-11-23-13-8-17-31-28(23)24/h4-15,17,19H,3,16,18,20H2,1-2H3. The zero-order valence-corrected chi connectivity index (χ0v) is 21.3. The van der Waals surface area contributed by atoms with Gasteiger partial charge in [-0.15, -0.1) is 0 Å². The lowest BCUT2D eigenvalue weighted by Crippen LogP contribution is -2.19. The van der Waals surface area contributed by atoms with Crippen molar-refractivity contribution in [2.75, 3.05) is 13.2 Å². The minimum atomic E-state index is -0.423. The summed E-state index contributed by atoms with van der Waals surface area (Å²) in [4.78, 5) is 18.0. The number of para-hydroxylation sites is 1. The minimum Gasteiger partial charge on any atom is -0.460 e. The van der Waals surface area contributed by atoms with E-state index in [4.69, 9.17) is 9.15 Å². The maximum Gasteiger partial charge on any atom is 0.374 e. The van der Waals surface area contributed by atoms with E-state index in [-0.39, 0.29) is 5.76 Å². The number of nitrogens with zero attached hydrogens (tertiary/aromatic N) is 2. The van der Waals surface area contributed by atoms with Gasteiger partial charge in [-0.1, -0.05) is 54.6 Å². The highest BCUT2D eigenvalue weighted by Crippen LogP contribution is 2.33. The maximum absolute atomic E-state index is 12.3. The molecule has 3 aromatic carbocycles. The number of benzene rings is 3. The van der Waals surface area contributed by atoms with Gasteiger partial charge in [0.2, 0.25) is 5.76 Å². The van der Waals surface area contributed by atoms with E-state index < -0.39 is 5.97 Å². The van der Waals surface area contributed by atoms with E-state index >= 15 is 0 Å². The summed E-state index contributed by atoms with van der Waals surface area (Å²) in [6, 6.07) is 27.0. The minimum absolute atomic E-state index is 0.275. The van der Waals surface area contributed by atoms with E-state index in [1.54, 1.807) is 18.9 Å². The quantitative estimate of drug-likeness (QED) is 0.159. The van der Waals surface area contributed by atoms with Crippen molar-refractivity contribution in [2.24, 2.45) is 0 Å². The average molecular weight is 497 g/mol. The first-order valence-electron chi connectivity index (χ1n) is 12.1. The van der Waals surface area contributed by atoms with Crippen LogP contribution in [0.5, 0.6) is 0 Å². The van der Waals surface area contributed by atoms with Gasteiger partial charge in [-0.25, -0.2) is 9.10 Å². The second kappa shape index (κ2) is 11.0. The predicted molar refractivity (Wildman–Crippen MR) is 145 cm³/mol. The van der Waals surface area contributed by atoms with Crippen LogP contribution in [0.4, 0.5) is 0 Å². The van der Waals surface area contributed by atoms with E-state index in [1.807, 2.05) is 37.4 Å². The Morgan fingerprint density at radius 1 is 1.03 bits per heavy atom. The number of aromatic nitrogens is 1. The zero-order chi connectivity index (χ0) is 24.9. The molecule has 0 aliphatic heterocycles. The van der Waals surface area contributed by atoms with Gasteiger partial charge in [0, 0.05) is 40.5 Å². The van der Waals surface area contributed by atoms with Crippen molar-refractivity contribution < 1.29 is 13.9 Å². The van der Waals surface area contributed by atoms with Crippen LogP contribution in [0.3, 0.4) is 0 Å². The first kappa shape index (κ1) is 24.1. The Morgan fingerprint density at radius 3 is 2.69 bits per heavy atom. The van der Waals surface area contributed by atoms with Gasteiger partial charge in [0.15, 0.2) is 0 Å². The van der Waals surface area contributed by atoms with Gasteiger partial charge in [-0.05, 0) is 67.6 Å². The molecule has 0 amide bonds. The Hall–Kier alpha value is -3.61. The van der Waals surface area contributed by atoms with E-state index in [1.165, 1.54) is 11.1 Å². The van der Waals surface area contributed by atoms with Gasteiger partial charge in [0.05, 0.1) is 12.1 Å². The Kier molecular flexibility index (Phi) is 7.35. The molecule has 182 valence electrons. The van der Waals surface area contributed by atoms with Crippen LogP contribution in [-0.4, -0.2) is 28.4 Å². The lowest BCUT2D eigenvalue weighted by molar-refractivity contribution is 0.0491. The van der Waals surface area contributed by atoms with Crippen LogP contribution in [0, 0.1) is 6.92 Å². The topological polar surface area (TPSA) is 55.6 Å². The van der Waals surface area contributed by atoms with E-state index in [2.05, 4.69) is 63.9 Å². The van der Waals surface area contributed by atoms with Gasteiger partial charge in [-0.3, -0.25) is 4.98 Å². The highest BCUT2D eigenvalue weighted by atomic mass is 32.2. The fourth-order valence-electron chi connectivity index (χ4n) is 4.34. The van der Waals surface area contributed by atoms with Crippen LogP contribution in [-0.2, 0) is 17.7 Å². The molecule has 0 fully saturated rings. The summed E-state index contributed by atoms with van der Waals surface area (Å²) in [5.74, 6) is -0.148. The molecule has 0 saturated heterocycles. The molecule has 0 unspecified atom stereocenters. The van der Waals surface area contributed by atoms with Crippen molar-refractivity contribution >= 4 is 39.8 Å². The third kappa shape index (κ3) is 5.30. The molecule has 0 aliphatic rings. The van der Waals surface area contributed by atoms with Crippen molar-refractivity contribution in [3.05, 3.63) is 108 Å². The number of furan rings is 1. The van der Waals surface area contributed by atoms with Crippen LogP contribution in [0.1, 0.15) is 34.2 Å². The summed E-state index contributed by atoms with van der Waals surface area (Å²) in [5.41, 5.74) is 5.03. The zero-order valence-electron chi connectivity index (χ0n) is 20.4. The van der Waals surface area contributed by atoms with E-state index in [9.17, 15) is 4.79 Å². The molecule has 0 radical (unpaired) electrons. The van der Waals surface area contributed by atoms with Gasteiger partial charge in [-0.2, -0.15) is 0 Å². The van der Waals surface area contributed by atoms with Crippen molar-refractivity contribution in [1.82, 2.24) is 9.29 Å². The molecular weight excluding hydrogens is 468 g/mol. The van der Waals surface area contributed by atoms with E-state index in [0.29, 0.717) is 12.2 Å². The molecule has 0 bridgehead atoms. The number of ether oxygens (including phenoxy) is 1. The second-order valence-corrected chi connectivity index (χ2v) is 9.79. The highest BCUT2D eigenvalue weighted by molar-refractivity contribution is 7.97. The molecule has 0 saturated carbocycles. The van der Waals surface area contributed by atoms with Crippen molar-refractivity contribution in [3.8, 4) is 0 Å². The lowest BCUT2D eigenvalue weighted by Gasteiger charge is -2.22. The van der Waals surface area contributed by atoms with Crippen LogP contribution >= 0.6 is 11.9 Å². The van der Waals surface area contributed by atoms with E-state index in [0.717, 1.165) is 46.3 Å².